The molecule has 0 aliphatic rings. The van der Waals surface area contributed by atoms with Gasteiger partial charge in [0, 0.05) is 18.3 Å². The van der Waals surface area contributed by atoms with Gasteiger partial charge in [-0.1, -0.05) is 13.8 Å². The van der Waals surface area contributed by atoms with Crippen molar-refractivity contribution in [2.45, 2.75) is 32.2 Å². The number of sulfone groups is 1. The fraction of sp³-hybridized carbons (Fsp3) is 1.00. The molecule has 0 amide bonds. The average Bonchev–Trinajstić information content (AvgIpc) is 2.11. The molecule has 0 heterocycles. The van der Waals surface area contributed by atoms with E-state index in [9.17, 15) is 16.8 Å². The smallest absolute Gasteiger partial charge is 0.226 e. The van der Waals surface area contributed by atoms with Crippen LogP contribution in [-0.4, -0.2) is 40.3 Å². The van der Waals surface area contributed by atoms with Crippen LogP contribution in [0.25, 0.3) is 0 Å². The SMILES string of the molecule is CCC(N)(CC)CNS(=O)(=O)CS(C)(=O)=O. The normalized spacial score (nSPS) is 14.0. The van der Waals surface area contributed by atoms with E-state index < -0.39 is 30.5 Å². The highest BCUT2D eigenvalue weighted by molar-refractivity contribution is 8.06. The minimum atomic E-state index is -3.81. The van der Waals surface area contributed by atoms with Gasteiger partial charge in [0.05, 0.1) is 0 Å². The molecular weight excluding hydrogens is 252 g/mol. The average molecular weight is 272 g/mol. The van der Waals surface area contributed by atoms with Crippen LogP contribution in [0.1, 0.15) is 26.7 Å². The van der Waals surface area contributed by atoms with Gasteiger partial charge in [0.2, 0.25) is 10.0 Å². The largest absolute Gasteiger partial charge is 0.324 e. The van der Waals surface area contributed by atoms with Gasteiger partial charge in [0.15, 0.2) is 14.9 Å². The predicted molar refractivity (Wildman–Crippen MR) is 64.1 cm³/mol. The Hall–Kier alpha value is -0.180. The zero-order valence-corrected chi connectivity index (χ0v) is 11.5. The number of rotatable bonds is 7. The maximum atomic E-state index is 11.4. The Bertz CT molecular complexity index is 409. The summed E-state index contributed by atoms with van der Waals surface area (Å²) >= 11 is 0. The summed E-state index contributed by atoms with van der Waals surface area (Å²) in [4.78, 5) is 0. The van der Waals surface area contributed by atoms with E-state index in [1.54, 1.807) is 0 Å². The van der Waals surface area contributed by atoms with Crippen molar-refractivity contribution < 1.29 is 16.8 Å². The molecule has 0 aliphatic heterocycles. The fourth-order valence-corrected chi connectivity index (χ4v) is 4.17. The number of sulfonamides is 1. The van der Waals surface area contributed by atoms with Crippen LogP contribution < -0.4 is 10.5 Å². The van der Waals surface area contributed by atoms with E-state index in [4.69, 9.17) is 5.73 Å². The van der Waals surface area contributed by atoms with Crippen LogP contribution in [0.3, 0.4) is 0 Å². The first-order chi connectivity index (χ1) is 7.04. The number of nitrogens with one attached hydrogen (secondary N) is 1. The fourth-order valence-electron chi connectivity index (χ4n) is 1.08. The summed E-state index contributed by atoms with van der Waals surface area (Å²) in [6, 6.07) is 0. The lowest BCUT2D eigenvalue weighted by atomic mass is 9.95. The highest BCUT2D eigenvalue weighted by Gasteiger charge is 2.25. The standard InChI is InChI=1S/C8H20N2O4S2/c1-4-8(9,5-2)6-10-16(13,14)7-15(3,11)12/h10H,4-7,9H2,1-3H3. The van der Waals surface area contributed by atoms with Crippen LogP contribution in [0.2, 0.25) is 0 Å². The Morgan fingerprint density at radius 1 is 1.12 bits per heavy atom. The zero-order valence-electron chi connectivity index (χ0n) is 9.86. The van der Waals surface area contributed by atoms with E-state index in [2.05, 4.69) is 4.72 Å². The van der Waals surface area contributed by atoms with E-state index in [-0.39, 0.29) is 6.54 Å². The summed E-state index contributed by atoms with van der Waals surface area (Å²) in [7, 11) is -7.36. The van der Waals surface area contributed by atoms with Crippen LogP contribution >= 0.6 is 0 Å². The summed E-state index contributed by atoms with van der Waals surface area (Å²) in [5.74, 6) is 0. The molecule has 0 aromatic rings. The molecule has 0 aliphatic carbocycles. The van der Waals surface area contributed by atoms with E-state index in [0.29, 0.717) is 12.8 Å². The second-order valence-electron chi connectivity index (χ2n) is 4.05. The predicted octanol–water partition coefficient (Wildman–Crippen LogP) is -0.575. The Kier molecular flexibility index (Phi) is 5.37. The van der Waals surface area contributed by atoms with Crippen molar-refractivity contribution in [2.75, 3.05) is 17.9 Å². The van der Waals surface area contributed by atoms with E-state index >= 15 is 0 Å². The second-order valence-corrected chi connectivity index (χ2v) is 8.36. The lowest BCUT2D eigenvalue weighted by Crippen LogP contribution is -2.49. The third-order valence-electron chi connectivity index (χ3n) is 2.42. The lowest BCUT2D eigenvalue weighted by Gasteiger charge is -2.26. The van der Waals surface area contributed by atoms with Gasteiger partial charge in [-0.15, -0.1) is 0 Å². The van der Waals surface area contributed by atoms with E-state index in [1.807, 2.05) is 13.8 Å². The molecule has 16 heavy (non-hydrogen) atoms. The van der Waals surface area contributed by atoms with Crippen molar-refractivity contribution in [1.29, 1.82) is 0 Å². The van der Waals surface area contributed by atoms with Crippen LogP contribution in [0.15, 0.2) is 0 Å². The monoisotopic (exact) mass is 272 g/mol. The van der Waals surface area contributed by atoms with Gasteiger partial charge in [-0.3, -0.25) is 0 Å². The van der Waals surface area contributed by atoms with E-state index in [1.165, 1.54) is 0 Å². The van der Waals surface area contributed by atoms with Crippen molar-refractivity contribution in [3.63, 3.8) is 0 Å². The summed E-state index contributed by atoms with van der Waals surface area (Å²) in [5, 5.41) is -0.899. The quantitative estimate of drug-likeness (QED) is 0.645. The number of nitrogens with two attached hydrogens (primary N) is 1. The molecule has 0 rings (SSSR count). The molecule has 0 saturated heterocycles. The molecule has 0 aromatic heterocycles. The first kappa shape index (κ1) is 15.8. The van der Waals surface area contributed by atoms with Crippen molar-refractivity contribution in [2.24, 2.45) is 5.73 Å². The topological polar surface area (TPSA) is 106 Å². The van der Waals surface area contributed by atoms with Crippen LogP contribution in [0, 0.1) is 0 Å². The number of hydrogen-bond donors (Lipinski definition) is 2. The molecule has 0 bridgehead atoms. The second kappa shape index (κ2) is 5.44. The first-order valence-corrected chi connectivity index (χ1v) is 8.69. The maximum absolute atomic E-state index is 11.4. The Morgan fingerprint density at radius 3 is 1.88 bits per heavy atom. The zero-order chi connectivity index (χ0) is 13.0. The Labute approximate surface area is 97.6 Å². The molecule has 0 fully saturated rings. The van der Waals surface area contributed by atoms with Gasteiger partial charge < -0.3 is 5.73 Å². The third kappa shape index (κ3) is 6.41. The molecule has 3 N–H and O–H groups in total. The molecule has 0 atom stereocenters. The van der Waals surface area contributed by atoms with Gasteiger partial charge in [0.1, 0.15) is 0 Å². The molecule has 0 radical (unpaired) electrons. The van der Waals surface area contributed by atoms with Crippen LogP contribution in [-0.2, 0) is 19.9 Å². The molecular formula is C8H20N2O4S2. The first-order valence-electron chi connectivity index (χ1n) is 4.97. The minimum Gasteiger partial charge on any atom is -0.324 e. The molecule has 0 spiro atoms. The van der Waals surface area contributed by atoms with E-state index in [0.717, 1.165) is 6.26 Å². The lowest BCUT2D eigenvalue weighted by molar-refractivity contribution is 0.392. The highest BCUT2D eigenvalue weighted by Crippen LogP contribution is 2.10. The molecule has 8 heteroatoms. The van der Waals surface area contributed by atoms with Crippen LogP contribution in [0.4, 0.5) is 0 Å². The summed E-state index contributed by atoms with van der Waals surface area (Å²) < 4.78 is 46.7. The molecule has 0 aromatic carbocycles. The summed E-state index contributed by atoms with van der Waals surface area (Å²) in [5.41, 5.74) is 5.27. The highest BCUT2D eigenvalue weighted by atomic mass is 32.3. The van der Waals surface area contributed by atoms with Crippen LogP contribution in [0.5, 0.6) is 0 Å². The van der Waals surface area contributed by atoms with Crippen molar-refractivity contribution >= 4 is 19.9 Å². The molecule has 0 saturated carbocycles. The number of hydrogen-bond acceptors (Lipinski definition) is 5. The van der Waals surface area contributed by atoms with Gasteiger partial charge in [-0.25, -0.2) is 21.6 Å². The van der Waals surface area contributed by atoms with Crippen molar-refractivity contribution in [1.82, 2.24) is 4.72 Å². The summed E-state index contributed by atoms with van der Waals surface area (Å²) in [6.45, 7) is 3.76. The summed E-state index contributed by atoms with van der Waals surface area (Å²) in [6.07, 6.45) is 2.11. The van der Waals surface area contributed by atoms with Gasteiger partial charge >= 0.3 is 0 Å². The third-order valence-corrected chi connectivity index (χ3v) is 5.96. The maximum Gasteiger partial charge on any atom is 0.226 e. The van der Waals surface area contributed by atoms with Crippen molar-refractivity contribution in [3.05, 3.63) is 0 Å². The molecule has 98 valence electrons. The molecule has 6 nitrogen and oxygen atoms in total. The van der Waals surface area contributed by atoms with Gasteiger partial charge in [-0.05, 0) is 12.8 Å². The Morgan fingerprint density at radius 2 is 1.56 bits per heavy atom. The Balaban J connectivity index is 4.53. The van der Waals surface area contributed by atoms with Crippen molar-refractivity contribution in [3.8, 4) is 0 Å². The minimum absolute atomic E-state index is 0.0534. The molecule has 0 unspecified atom stereocenters. The van der Waals surface area contributed by atoms with Gasteiger partial charge in [0.25, 0.3) is 0 Å². The van der Waals surface area contributed by atoms with Gasteiger partial charge in [-0.2, -0.15) is 0 Å².